The number of hydrogen-bond donors (Lipinski definition) is 1. The van der Waals surface area contributed by atoms with Gasteiger partial charge in [0.15, 0.2) is 6.10 Å². The molecule has 1 N–H and O–H groups in total. The standard InChI is InChI=1S/C21H25ClN2O5S/c1-15-13-18(22)7-8-19(15)29-16(2)21(25)23-14-17-5-3-4-6-20(17)30(26,27)24-9-11-28-12-10-24/h3-8,13,16H,9-12,14H2,1-2H3,(H,23,25). The van der Waals surface area contributed by atoms with E-state index in [9.17, 15) is 13.2 Å². The number of carbonyl (C=O) groups is 1. The predicted molar refractivity (Wildman–Crippen MR) is 114 cm³/mol. The third-order valence-electron chi connectivity index (χ3n) is 4.82. The second kappa shape index (κ2) is 9.78. The fourth-order valence-corrected chi connectivity index (χ4v) is 5.00. The first kappa shape index (κ1) is 22.6. The quantitative estimate of drug-likeness (QED) is 0.698. The Labute approximate surface area is 182 Å². The Morgan fingerprint density at radius 2 is 1.93 bits per heavy atom. The van der Waals surface area contributed by atoms with Crippen LogP contribution in [0.15, 0.2) is 47.4 Å². The van der Waals surface area contributed by atoms with Crippen molar-refractivity contribution in [2.24, 2.45) is 0 Å². The number of halogens is 1. The molecular formula is C21H25ClN2O5S. The topological polar surface area (TPSA) is 84.9 Å². The molecule has 1 saturated heterocycles. The molecule has 0 saturated carbocycles. The monoisotopic (exact) mass is 452 g/mol. The first-order valence-electron chi connectivity index (χ1n) is 9.65. The minimum absolute atomic E-state index is 0.0753. The highest BCUT2D eigenvalue weighted by atomic mass is 35.5. The average molecular weight is 453 g/mol. The number of morpholine rings is 1. The van der Waals surface area contributed by atoms with Crippen molar-refractivity contribution < 1.29 is 22.7 Å². The van der Waals surface area contributed by atoms with E-state index in [1.54, 1.807) is 49.4 Å². The van der Waals surface area contributed by atoms with E-state index >= 15 is 0 Å². The van der Waals surface area contributed by atoms with Gasteiger partial charge in [-0.05, 0) is 49.2 Å². The van der Waals surface area contributed by atoms with E-state index in [-0.39, 0.29) is 17.3 Å². The molecule has 1 unspecified atom stereocenters. The number of ether oxygens (including phenoxy) is 2. The van der Waals surface area contributed by atoms with Gasteiger partial charge in [0.25, 0.3) is 5.91 Å². The van der Waals surface area contributed by atoms with Crippen molar-refractivity contribution in [2.75, 3.05) is 26.3 Å². The largest absolute Gasteiger partial charge is 0.481 e. The number of amides is 1. The van der Waals surface area contributed by atoms with Gasteiger partial charge < -0.3 is 14.8 Å². The highest BCUT2D eigenvalue weighted by molar-refractivity contribution is 7.89. The Bertz CT molecular complexity index is 1010. The molecule has 0 aromatic heterocycles. The molecule has 0 bridgehead atoms. The number of benzene rings is 2. The summed E-state index contributed by atoms with van der Waals surface area (Å²) in [5.41, 5.74) is 1.34. The van der Waals surface area contributed by atoms with Crippen molar-refractivity contribution in [3.8, 4) is 5.75 Å². The lowest BCUT2D eigenvalue weighted by atomic mass is 10.2. The predicted octanol–water partition coefficient (Wildman–Crippen LogP) is 2.75. The molecule has 162 valence electrons. The zero-order chi connectivity index (χ0) is 21.7. The number of carbonyl (C=O) groups excluding carboxylic acids is 1. The van der Waals surface area contributed by atoms with E-state index in [4.69, 9.17) is 21.1 Å². The van der Waals surface area contributed by atoms with Gasteiger partial charge in [0, 0.05) is 24.7 Å². The molecule has 9 heteroatoms. The molecule has 1 atom stereocenters. The van der Waals surface area contributed by atoms with Crippen molar-refractivity contribution >= 4 is 27.5 Å². The van der Waals surface area contributed by atoms with Crippen molar-refractivity contribution in [3.05, 3.63) is 58.6 Å². The first-order chi connectivity index (χ1) is 14.3. The Morgan fingerprint density at radius 1 is 1.23 bits per heavy atom. The molecule has 0 aliphatic carbocycles. The number of nitrogens with one attached hydrogen (secondary N) is 1. The summed E-state index contributed by atoms with van der Waals surface area (Å²) in [5, 5.41) is 3.36. The van der Waals surface area contributed by atoms with E-state index in [1.807, 2.05) is 6.92 Å². The van der Waals surface area contributed by atoms with Crippen LogP contribution in [-0.2, 0) is 26.1 Å². The number of aryl methyl sites for hydroxylation is 1. The van der Waals surface area contributed by atoms with Crippen LogP contribution < -0.4 is 10.1 Å². The van der Waals surface area contributed by atoms with Crippen LogP contribution in [0.2, 0.25) is 5.02 Å². The van der Waals surface area contributed by atoms with Crippen molar-refractivity contribution in [3.63, 3.8) is 0 Å². The highest BCUT2D eigenvalue weighted by Crippen LogP contribution is 2.23. The summed E-state index contributed by atoms with van der Waals surface area (Å²) in [4.78, 5) is 12.7. The van der Waals surface area contributed by atoms with Crippen LogP contribution in [0.4, 0.5) is 0 Å². The van der Waals surface area contributed by atoms with Gasteiger partial charge in [-0.2, -0.15) is 4.31 Å². The Kier molecular flexibility index (Phi) is 7.36. The van der Waals surface area contributed by atoms with Crippen LogP contribution in [0.3, 0.4) is 0 Å². The number of sulfonamides is 1. The van der Waals surface area contributed by atoms with Crippen LogP contribution in [0, 0.1) is 6.92 Å². The van der Waals surface area contributed by atoms with Gasteiger partial charge in [-0.1, -0.05) is 29.8 Å². The Balaban J connectivity index is 1.67. The third-order valence-corrected chi connectivity index (χ3v) is 7.06. The fourth-order valence-electron chi connectivity index (χ4n) is 3.14. The molecule has 1 amide bonds. The minimum Gasteiger partial charge on any atom is -0.481 e. The van der Waals surface area contributed by atoms with Crippen molar-refractivity contribution in [1.29, 1.82) is 0 Å². The van der Waals surface area contributed by atoms with Gasteiger partial charge in [0.05, 0.1) is 18.1 Å². The SMILES string of the molecule is Cc1cc(Cl)ccc1OC(C)C(=O)NCc1ccccc1S(=O)(=O)N1CCOCC1. The fraction of sp³-hybridized carbons (Fsp3) is 0.381. The van der Waals surface area contributed by atoms with E-state index in [0.717, 1.165) is 5.56 Å². The summed E-state index contributed by atoms with van der Waals surface area (Å²) in [5.74, 6) is 0.222. The summed E-state index contributed by atoms with van der Waals surface area (Å²) in [6.45, 7) is 4.93. The summed E-state index contributed by atoms with van der Waals surface area (Å²) in [7, 11) is -3.66. The zero-order valence-electron chi connectivity index (χ0n) is 16.9. The van der Waals surface area contributed by atoms with Gasteiger partial charge in [0.2, 0.25) is 10.0 Å². The molecule has 30 heavy (non-hydrogen) atoms. The van der Waals surface area contributed by atoms with Crippen LogP contribution in [0.25, 0.3) is 0 Å². The molecule has 2 aromatic rings. The molecule has 1 aliphatic rings. The molecule has 1 aliphatic heterocycles. The van der Waals surface area contributed by atoms with Crippen LogP contribution in [0.1, 0.15) is 18.1 Å². The van der Waals surface area contributed by atoms with Gasteiger partial charge in [-0.25, -0.2) is 8.42 Å². The summed E-state index contributed by atoms with van der Waals surface area (Å²) in [6, 6.07) is 11.8. The molecule has 3 rings (SSSR count). The van der Waals surface area contributed by atoms with Gasteiger partial charge in [-0.3, -0.25) is 4.79 Å². The molecule has 0 spiro atoms. The molecule has 7 nitrogen and oxygen atoms in total. The maximum Gasteiger partial charge on any atom is 0.261 e. The maximum absolute atomic E-state index is 13.0. The third kappa shape index (κ3) is 5.31. The van der Waals surface area contributed by atoms with Gasteiger partial charge >= 0.3 is 0 Å². The van der Waals surface area contributed by atoms with E-state index in [1.165, 1.54) is 4.31 Å². The van der Waals surface area contributed by atoms with Crippen LogP contribution in [-0.4, -0.2) is 51.0 Å². The van der Waals surface area contributed by atoms with Crippen molar-refractivity contribution in [1.82, 2.24) is 9.62 Å². The normalized spacial score (nSPS) is 16.1. The van der Waals surface area contributed by atoms with Crippen LogP contribution in [0.5, 0.6) is 5.75 Å². The van der Waals surface area contributed by atoms with Gasteiger partial charge in [-0.15, -0.1) is 0 Å². The minimum atomic E-state index is -3.66. The summed E-state index contributed by atoms with van der Waals surface area (Å²) in [6.07, 6.45) is -0.757. The molecule has 1 heterocycles. The second-order valence-corrected chi connectivity index (χ2v) is 9.35. The van der Waals surface area contributed by atoms with E-state index in [2.05, 4.69) is 5.32 Å². The maximum atomic E-state index is 13.0. The molecule has 0 radical (unpaired) electrons. The van der Waals surface area contributed by atoms with E-state index < -0.39 is 16.1 Å². The number of hydrogen-bond acceptors (Lipinski definition) is 5. The number of nitrogens with zero attached hydrogens (tertiary/aromatic N) is 1. The molecular weight excluding hydrogens is 428 g/mol. The second-order valence-electron chi connectivity index (χ2n) is 7.01. The Morgan fingerprint density at radius 3 is 2.63 bits per heavy atom. The average Bonchev–Trinajstić information content (AvgIpc) is 2.74. The Hall–Kier alpha value is -2.13. The smallest absolute Gasteiger partial charge is 0.261 e. The molecule has 1 fully saturated rings. The zero-order valence-corrected chi connectivity index (χ0v) is 18.5. The van der Waals surface area contributed by atoms with Gasteiger partial charge in [0.1, 0.15) is 5.75 Å². The summed E-state index contributed by atoms with van der Waals surface area (Å²) >= 11 is 5.95. The lowest BCUT2D eigenvalue weighted by Gasteiger charge is -2.27. The highest BCUT2D eigenvalue weighted by Gasteiger charge is 2.28. The number of rotatable bonds is 7. The lowest BCUT2D eigenvalue weighted by Crippen LogP contribution is -2.41. The van der Waals surface area contributed by atoms with Crippen LogP contribution >= 0.6 is 11.6 Å². The lowest BCUT2D eigenvalue weighted by molar-refractivity contribution is -0.127. The van der Waals surface area contributed by atoms with E-state index in [0.29, 0.717) is 42.6 Å². The van der Waals surface area contributed by atoms with Crippen molar-refractivity contribution in [2.45, 2.75) is 31.4 Å². The summed E-state index contributed by atoms with van der Waals surface area (Å²) < 4.78 is 38.4. The molecule has 2 aromatic carbocycles. The first-order valence-corrected chi connectivity index (χ1v) is 11.5.